The molecule has 1 N–H and O–H groups in total. The molecule has 0 radical (unpaired) electrons. The summed E-state index contributed by atoms with van der Waals surface area (Å²) in [5.74, 6) is -1.53. The van der Waals surface area contributed by atoms with Gasteiger partial charge in [0.1, 0.15) is 17.2 Å². The fraction of sp³-hybridized carbons (Fsp3) is 0.143. The van der Waals surface area contributed by atoms with E-state index in [0.717, 1.165) is 16.6 Å². The second kappa shape index (κ2) is 4.78. The van der Waals surface area contributed by atoms with Gasteiger partial charge in [-0.2, -0.15) is 0 Å². The maximum absolute atomic E-state index is 13.7. The largest absolute Gasteiger partial charge is 0.380 e. The maximum Gasteiger partial charge on any atom is 0.132 e. The molecule has 0 spiro atoms. The third-order valence-electron chi connectivity index (χ3n) is 2.84. The van der Waals surface area contributed by atoms with Crippen molar-refractivity contribution in [3.8, 4) is 0 Å². The van der Waals surface area contributed by atoms with Crippen LogP contribution in [0.4, 0.5) is 8.78 Å². The van der Waals surface area contributed by atoms with Gasteiger partial charge in [-0.1, -0.05) is 34.1 Å². The van der Waals surface area contributed by atoms with Gasteiger partial charge in [0, 0.05) is 4.47 Å². The van der Waals surface area contributed by atoms with Crippen LogP contribution in [0.5, 0.6) is 0 Å². The lowest BCUT2D eigenvalue weighted by atomic mass is 9.87. The summed E-state index contributed by atoms with van der Waals surface area (Å²) in [6, 6.07) is 10.3. The maximum atomic E-state index is 13.7. The zero-order chi connectivity index (χ0) is 13.3. The van der Waals surface area contributed by atoms with E-state index < -0.39 is 17.2 Å². The summed E-state index contributed by atoms with van der Waals surface area (Å²) in [4.78, 5) is 0. The molecule has 2 aromatic carbocycles. The molecular weight excluding hydrogens is 302 g/mol. The molecule has 0 aromatic heterocycles. The molecule has 0 aliphatic heterocycles. The number of rotatable bonds is 2. The fourth-order valence-corrected chi connectivity index (χ4v) is 2.30. The Morgan fingerprint density at radius 1 is 1.06 bits per heavy atom. The van der Waals surface area contributed by atoms with E-state index in [9.17, 15) is 13.9 Å². The Kier molecular flexibility index (Phi) is 3.50. The number of aliphatic hydroxyl groups is 1. The molecule has 0 aliphatic carbocycles. The van der Waals surface area contributed by atoms with E-state index in [1.54, 1.807) is 24.3 Å². The molecule has 0 aliphatic rings. The average molecular weight is 313 g/mol. The molecule has 18 heavy (non-hydrogen) atoms. The lowest BCUT2D eigenvalue weighted by Gasteiger charge is -2.25. The van der Waals surface area contributed by atoms with Crippen LogP contribution in [-0.4, -0.2) is 5.11 Å². The van der Waals surface area contributed by atoms with Crippen molar-refractivity contribution in [2.45, 2.75) is 12.5 Å². The molecular formula is C14H11BrF2O. The van der Waals surface area contributed by atoms with E-state index in [1.807, 2.05) is 0 Å². The predicted octanol–water partition coefficient (Wildman–Crippen LogP) is 3.98. The van der Waals surface area contributed by atoms with Crippen LogP contribution in [0.15, 0.2) is 46.9 Å². The topological polar surface area (TPSA) is 20.2 Å². The smallest absolute Gasteiger partial charge is 0.132 e. The van der Waals surface area contributed by atoms with Crippen LogP contribution in [0, 0.1) is 11.6 Å². The van der Waals surface area contributed by atoms with Crippen LogP contribution in [0.2, 0.25) is 0 Å². The van der Waals surface area contributed by atoms with E-state index >= 15 is 0 Å². The molecule has 94 valence electrons. The van der Waals surface area contributed by atoms with Crippen molar-refractivity contribution in [1.82, 2.24) is 0 Å². The van der Waals surface area contributed by atoms with Crippen molar-refractivity contribution in [2.75, 3.05) is 0 Å². The Bertz CT molecular complexity index is 562. The van der Waals surface area contributed by atoms with Crippen molar-refractivity contribution in [3.05, 3.63) is 69.7 Å². The van der Waals surface area contributed by atoms with E-state index in [4.69, 9.17) is 0 Å². The Morgan fingerprint density at radius 2 is 1.61 bits per heavy atom. The van der Waals surface area contributed by atoms with Crippen LogP contribution in [0.1, 0.15) is 18.1 Å². The predicted molar refractivity (Wildman–Crippen MR) is 69.2 cm³/mol. The zero-order valence-corrected chi connectivity index (χ0v) is 11.2. The van der Waals surface area contributed by atoms with Crippen molar-refractivity contribution < 1.29 is 13.9 Å². The Balaban J connectivity index is 2.61. The number of hydrogen-bond acceptors (Lipinski definition) is 1. The summed E-state index contributed by atoms with van der Waals surface area (Å²) in [6.45, 7) is 1.37. The molecule has 0 saturated heterocycles. The lowest BCUT2D eigenvalue weighted by molar-refractivity contribution is 0.0933. The number of hydrogen-bond donors (Lipinski definition) is 1. The van der Waals surface area contributed by atoms with Gasteiger partial charge < -0.3 is 5.11 Å². The highest BCUT2D eigenvalue weighted by Gasteiger charge is 2.32. The molecule has 0 amide bonds. The molecule has 0 heterocycles. The molecule has 0 saturated carbocycles. The van der Waals surface area contributed by atoms with Gasteiger partial charge in [0.25, 0.3) is 0 Å². The highest BCUT2D eigenvalue weighted by atomic mass is 79.9. The monoisotopic (exact) mass is 312 g/mol. The van der Waals surface area contributed by atoms with Gasteiger partial charge in [0.05, 0.1) is 5.56 Å². The van der Waals surface area contributed by atoms with Crippen molar-refractivity contribution in [1.29, 1.82) is 0 Å². The minimum atomic E-state index is -1.72. The summed E-state index contributed by atoms with van der Waals surface area (Å²) in [6.07, 6.45) is 0. The van der Waals surface area contributed by atoms with E-state index in [2.05, 4.69) is 15.9 Å². The van der Waals surface area contributed by atoms with E-state index in [1.165, 1.54) is 13.0 Å². The molecule has 1 atom stereocenters. The summed E-state index contributed by atoms with van der Waals surface area (Å²) in [7, 11) is 0. The first-order chi connectivity index (χ1) is 8.43. The zero-order valence-electron chi connectivity index (χ0n) is 9.62. The van der Waals surface area contributed by atoms with Crippen LogP contribution >= 0.6 is 15.9 Å². The number of benzene rings is 2. The normalized spacial score (nSPS) is 14.3. The van der Waals surface area contributed by atoms with Gasteiger partial charge in [-0.25, -0.2) is 8.78 Å². The van der Waals surface area contributed by atoms with Crippen LogP contribution in [0.25, 0.3) is 0 Å². The first-order valence-corrected chi connectivity index (χ1v) is 6.15. The molecule has 0 fully saturated rings. The fourth-order valence-electron chi connectivity index (χ4n) is 1.90. The molecule has 1 nitrogen and oxygen atoms in total. The van der Waals surface area contributed by atoms with Crippen LogP contribution in [-0.2, 0) is 5.60 Å². The van der Waals surface area contributed by atoms with Gasteiger partial charge >= 0.3 is 0 Å². The lowest BCUT2D eigenvalue weighted by Crippen LogP contribution is -2.26. The van der Waals surface area contributed by atoms with Crippen molar-refractivity contribution >= 4 is 15.9 Å². The van der Waals surface area contributed by atoms with Crippen molar-refractivity contribution in [3.63, 3.8) is 0 Å². The quantitative estimate of drug-likeness (QED) is 0.889. The van der Waals surface area contributed by atoms with Crippen LogP contribution in [0.3, 0.4) is 0 Å². The van der Waals surface area contributed by atoms with E-state index in [0.29, 0.717) is 5.56 Å². The number of halogens is 3. The van der Waals surface area contributed by atoms with Gasteiger partial charge in [0.15, 0.2) is 0 Å². The summed E-state index contributed by atoms with van der Waals surface area (Å²) >= 11 is 3.27. The second-order valence-electron chi connectivity index (χ2n) is 4.18. The Labute approximate surface area is 112 Å². The van der Waals surface area contributed by atoms with Gasteiger partial charge in [-0.05, 0) is 36.8 Å². The molecule has 4 heteroatoms. The SMILES string of the molecule is CC(O)(c1cccc(Br)c1)c1c(F)cccc1F. The van der Waals surface area contributed by atoms with Crippen LogP contribution < -0.4 is 0 Å². The summed E-state index contributed by atoms with van der Waals surface area (Å²) in [5.41, 5.74) is -1.65. The van der Waals surface area contributed by atoms with Gasteiger partial charge in [0.2, 0.25) is 0 Å². The average Bonchev–Trinajstić information content (AvgIpc) is 2.28. The molecule has 0 bridgehead atoms. The molecule has 2 aromatic rings. The molecule has 1 unspecified atom stereocenters. The Morgan fingerprint density at radius 3 is 2.17 bits per heavy atom. The van der Waals surface area contributed by atoms with E-state index in [-0.39, 0.29) is 5.56 Å². The van der Waals surface area contributed by atoms with Gasteiger partial charge in [-0.15, -0.1) is 0 Å². The second-order valence-corrected chi connectivity index (χ2v) is 5.09. The minimum absolute atomic E-state index is 0.344. The molecule has 2 rings (SSSR count). The standard InChI is InChI=1S/C14H11BrF2O/c1-14(18,9-4-2-5-10(15)8-9)13-11(16)6-3-7-12(13)17/h2-8,18H,1H3. The Hall–Kier alpha value is -1.26. The third-order valence-corrected chi connectivity index (χ3v) is 3.33. The first-order valence-electron chi connectivity index (χ1n) is 5.36. The highest BCUT2D eigenvalue weighted by molar-refractivity contribution is 9.10. The first kappa shape index (κ1) is 13.2. The highest BCUT2D eigenvalue weighted by Crippen LogP contribution is 2.33. The van der Waals surface area contributed by atoms with Gasteiger partial charge in [-0.3, -0.25) is 0 Å². The van der Waals surface area contributed by atoms with Crippen molar-refractivity contribution in [2.24, 2.45) is 0 Å². The summed E-state index contributed by atoms with van der Waals surface area (Å²) < 4.78 is 28.2. The summed E-state index contributed by atoms with van der Waals surface area (Å²) in [5, 5.41) is 10.4. The third kappa shape index (κ3) is 2.31. The minimum Gasteiger partial charge on any atom is -0.380 e.